The lowest BCUT2D eigenvalue weighted by molar-refractivity contribution is -0.0230. The van der Waals surface area contributed by atoms with Gasteiger partial charge in [-0.05, 0) is 13.3 Å². The van der Waals surface area contributed by atoms with Gasteiger partial charge in [0.1, 0.15) is 0 Å². The first-order chi connectivity index (χ1) is 9.91. The Kier molecular flexibility index (Phi) is 4.97. The lowest BCUT2D eigenvalue weighted by Gasteiger charge is -2.36. The maximum absolute atomic E-state index is 12.8. The van der Waals surface area contributed by atoms with E-state index in [0.29, 0.717) is 13.0 Å². The lowest BCUT2D eigenvalue weighted by atomic mass is 10.2. The zero-order chi connectivity index (χ0) is 15.6. The maximum atomic E-state index is 12.8. The summed E-state index contributed by atoms with van der Waals surface area (Å²) in [6.07, 6.45) is 0.454. The molecule has 0 bridgehead atoms. The van der Waals surface area contributed by atoms with Gasteiger partial charge in [0.15, 0.2) is 9.90 Å². The van der Waals surface area contributed by atoms with Crippen LogP contribution in [0.15, 0.2) is 9.72 Å². The minimum absolute atomic E-state index is 0.0677. The first-order valence-corrected chi connectivity index (χ1v) is 8.89. The van der Waals surface area contributed by atoms with E-state index in [1.54, 1.807) is 0 Å². The van der Waals surface area contributed by atoms with Crippen LogP contribution in [0.3, 0.4) is 0 Å². The number of nitrogens with zero attached hydrogens (tertiary/aromatic N) is 2. The van der Waals surface area contributed by atoms with Gasteiger partial charge in [0, 0.05) is 12.6 Å². The van der Waals surface area contributed by atoms with E-state index in [1.165, 1.54) is 16.9 Å². The van der Waals surface area contributed by atoms with E-state index >= 15 is 0 Å². The van der Waals surface area contributed by atoms with E-state index in [9.17, 15) is 13.2 Å². The molecule has 1 aliphatic heterocycles. The number of thiazole rings is 1. The maximum Gasteiger partial charge on any atom is 0.358 e. The molecule has 1 saturated heterocycles. The number of morpholine rings is 1. The summed E-state index contributed by atoms with van der Waals surface area (Å²) in [5, 5.41) is 0. The molecule has 21 heavy (non-hydrogen) atoms. The first-order valence-electron chi connectivity index (χ1n) is 6.57. The molecular formula is C12H18N2O5S2. The fourth-order valence-corrected chi connectivity index (χ4v) is 5.19. The number of hydrogen-bond donors (Lipinski definition) is 0. The molecule has 0 saturated carbocycles. The Bertz CT molecular complexity index is 613. The monoisotopic (exact) mass is 334 g/mol. The van der Waals surface area contributed by atoms with Gasteiger partial charge in [0.2, 0.25) is 0 Å². The Labute approximate surface area is 127 Å². The van der Waals surface area contributed by atoms with Gasteiger partial charge in [-0.3, -0.25) is 0 Å². The average Bonchev–Trinajstić information content (AvgIpc) is 2.96. The van der Waals surface area contributed by atoms with E-state index in [2.05, 4.69) is 9.72 Å². The fourth-order valence-electron chi connectivity index (χ4n) is 2.19. The molecule has 7 nitrogen and oxygen atoms in total. The fraction of sp³-hybridized carbons (Fsp3) is 0.667. The molecular weight excluding hydrogens is 316 g/mol. The summed E-state index contributed by atoms with van der Waals surface area (Å²) in [4.78, 5) is 15.5. The van der Waals surface area contributed by atoms with Crippen molar-refractivity contribution in [2.45, 2.75) is 36.6 Å². The number of aromatic nitrogens is 1. The molecule has 0 radical (unpaired) electrons. The summed E-state index contributed by atoms with van der Waals surface area (Å²) in [7, 11) is -2.59. The summed E-state index contributed by atoms with van der Waals surface area (Å²) in [5.74, 6) is -0.746. The van der Waals surface area contributed by atoms with Crippen LogP contribution in [-0.2, 0) is 19.5 Å². The number of carbonyl (C=O) groups is 1. The molecule has 0 aromatic carbocycles. The molecule has 1 aromatic heterocycles. The van der Waals surface area contributed by atoms with Gasteiger partial charge in [0.25, 0.3) is 10.0 Å². The number of ether oxygens (including phenoxy) is 2. The highest BCUT2D eigenvalue weighted by molar-refractivity contribution is 7.91. The van der Waals surface area contributed by atoms with Crippen LogP contribution in [0.2, 0.25) is 0 Å². The Morgan fingerprint density at radius 1 is 1.62 bits per heavy atom. The topological polar surface area (TPSA) is 85.8 Å². The molecule has 9 heteroatoms. The average molecular weight is 334 g/mol. The standard InChI is InChI=1S/C12H18N2O5S2/c1-4-9-6-19-8(2)5-14(9)21(16,17)12-10(11(15)18-3)13-7-20-12/h7-9H,4-6H2,1-3H3. The highest BCUT2D eigenvalue weighted by Crippen LogP contribution is 2.29. The SMILES string of the molecule is CCC1COC(C)CN1S(=O)(=O)c1scnc1C(=O)OC. The van der Waals surface area contributed by atoms with Crippen LogP contribution in [0.25, 0.3) is 0 Å². The Morgan fingerprint density at radius 3 is 2.95 bits per heavy atom. The normalized spacial score (nSPS) is 24.0. The van der Waals surface area contributed by atoms with Crippen molar-refractivity contribution in [3.63, 3.8) is 0 Å². The van der Waals surface area contributed by atoms with Crippen LogP contribution in [-0.4, -0.2) is 56.1 Å². The van der Waals surface area contributed by atoms with Gasteiger partial charge in [-0.15, -0.1) is 11.3 Å². The second-order valence-corrected chi connectivity index (χ2v) is 7.70. The lowest BCUT2D eigenvalue weighted by Crippen LogP contribution is -2.51. The predicted octanol–water partition coefficient (Wildman–Crippen LogP) is 1.12. The van der Waals surface area contributed by atoms with E-state index < -0.39 is 16.0 Å². The Hall–Kier alpha value is -1.03. The molecule has 0 spiro atoms. The van der Waals surface area contributed by atoms with Crippen LogP contribution >= 0.6 is 11.3 Å². The number of sulfonamides is 1. The largest absolute Gasteiger partial charge is 0.464 e. The molecule has 0 aliphatic carbocycles. The summed E-state index contributed by atoms with van der Waals surface area (Å²) in [6.45, 7) is 4.34. The highest BCUT2D eigenvalue weighted by Gasteiger charge is 2.39. The van der Waals surface area contributed by atoms with Gasteiger partial charge < -0.3 is 9.47 Å². The third kappa shape index (κ3) is 3.10. The summed E-state index contributed by atoms with van der Waals surface area (Å²) in [6, 6.07) is -0.237. The van der Waals surface area contributed by atoms with Gasteiger partial charge in [0.05, 0.1) is 25.3 Å². The van der Waals surface area contributed by atoms with E-state index in [4.69, 9.17) is 4.74 Å². The predicted molar refractivity (Wildman–Crippen MR) is 76.8 cm³/mol. The number of methoxy groups -OCH3 is 1. The van der Waals surface area contributed by atoms with Crippen molar-refractivity contribution in [3.05, 3.63) is 11.2 Å². The van der Waals surface area contributed by atoms with Crippen LogP contribution < -0.4 is 0 Å². The molecule has 2 atom stereocenters. The minimum atomic E-state index is -3.79. The molecule has 2 heterocycles. The van der Waals surface area contributed by atoms with Crippen molar-refractivity contribution in [3.8, 4) is 0 Å². The number of esters is 1. The quantitative estimate of drug-likeness (QED) is 0.767. The van der Waals surface area contributed by atoms with Gasteiger partial charge in [-0.1, -0.05) is 6.92 Å². The Balaban J connectivity index is 2.41. The van der Waals surface area contributed by atoms with E-state index in [-0.39, 0.29) is 28.6 Å². The molecule has 0 amide bonds. The zero-order valence-corrected chi connectivity index (χ0v) is 13.7. The molecule has 1 aliphatic rings. The second-order valence-electron chi connectivity index (χ2n) is 4.76. The Morgan fingerprint density at radius 2 is 2.33 bits per heavy atom. The van der Waals surface area contributed by atoms with Crippen LogP contribution in [0, 0.1) is 0 Å². The van der Waals surface area contributed by atoms with Crippen molar-refractivity contribution in [1.29, 1.82) is 0 Å². The van der Waals surface area contributed by atoms with E-state index in [0.717, 1.165) is 11.3 Å². The number of hydrogen-bond acceptors (Lipinski definition) is 7. The van der Waals surface area contributed by atoms with Crippen LogP contribution in [0.4, 0.5) is 0 Å². The molecule has 0 N–H and O–H groups in total. The van der Waals surface area contributed by atoms with Gasteiger partial charge in [-0.25, -0.2) is 18.2 Å². The third-order valence-electron chi connectivity index (χ3n) is 3.35. The first kappa shape index (κ1) is 16.3. The number of rotatable bonds is 4. The third-order valence-corrected chi connectivity index (χ3v) is 6.61. The summed E-state index contributed by atoms with van der Waals surface area (Å²) >= 11 is 0.925. The minimum Gasteiger partial charge on any atom is -0.464 e. The molecule has 118 valence electrons. The smallest absolute Gasteiger partial charge is 0.358 e. The van der Waals surface area contributed by atoms with Crippen molar-refractivity contribution < 1.29 is 22.7 Å². The van der Waals surface area contributed by atoms with Crippen molar-refractivity contribution in [1.82, 2.24) is 9.29 Å². The second kappa shape index (κ2) is 6.39. The molecule has 1 fully saturated rings. The van der Waals surface area contributed by atoms with Crippen LogP contribution in [0.5, 0.6) is 0 Å². The number of carbonyl (C=O) groups excluding carboxylic acids is 1. The van der Waals surface area contributed by atoms with Gasteiger partial charge >= 0.3 is 5.97 Å². The summed E-state index contributed by atoms with van der Waals surface area (Å²) < 4.78 is 37.1. The molecule has 2 unspecified atom stereocenters. The molecule has 1 aromatic rings. The summed E-state index contributed by atoms with van der Waals surface area (Å²) in [5.41, 5.74) is 1.18. The van der Waals surface area contributed by atoms with Gasteiger partial charge in [-0.2, -0.15) is 4.31 Å². The van der Waals surface area contributed by atoms with Crippen LogP contribution in [0.1, 0.15) is 30.8 Å². The van der Waals surface area contributed by atoms with Crippen molar-refractivity contribution in [2.24, 2.45) is 0 Å². The zero-order valence-electron chi connectivity index (χ0n) is 12.1. The van der Waals surface area contributed by atoms with E-state index in [1.807, 2.05) is 13.8 Å². The van der Waals surface area contributed by atoms with Crippen molar-refractivity contribution >= 4 is 27.3 Å². The molecule has 2 rings (SSSR count). The highest BCUT2D eigenvalue weighted by atomic mass is 32.2. The van der Waals surface area contributed by atoms with Crippen molar-refractivity contribution in [2.75, 3.05) is 20.3 Å².